The number of amidine groups is 1. The number of aromatic nitrogens is 1. The normalized spacial score (nSPS) is 25.0. The molecule has 3 atom stereocenters. The molecule has 6 rings (SSSR count). The van der Waals surface area contributed by atoms with Gasteiger partial charge in [0.1, 0.15) is 11.9 Å². The van der Waals surface area contributed by atoms with Gasteiger partial charge in [0.25, 0.3) is 0 Å². The van der Waals surface area contributed by atoms with Gasteiger partial charge in [-0.15, -0.1) is 17.9 Å². The Labute approximate surface area is 241 Å². The Morgan fingerprint density at radius 2 is 2.15 bits per heavy atom. The Morgan fingerprint density at radius 3 is 2.85 bits per heavy atom. The summed E-state index contributed by atoms with van der Waals surface area (Å²) in [4.78, 5) is 41.9. The fraction of sp³-hybridized carbons (Fsp3) is 0.429. The van der Waals surface area contributed by atoms with E-state index in [1.165, 1.54) is 17.4 Å². The smallest absolute Gasteiger partial charge is 0.338 e. The van der Waals surface area contributed by atoms with Crippen LogP contribution in [0.4, 0.5) is 9.18 Å². The van der Waals surface area contributed by atoms with Crippen LogP contribution in [0.1, 0.15) is 36.4 Å². The summed E-state index contributed by atoms with van der Waals surface area (Å²) in [5.41, 5.74) is 1.21. The maximum absolute atomic E-state index is 14.6. The van der Waals surface area contributed by atoms with Crippen molar-refractivity contribution < 1.29 is 18.7 Å². The number of piperazine rings is 1. The van der Waals surface area contributed by atoms with Gasteiger partial charge in [0.2, 0.25) is 0 Å². The van der Waals surface area contributed by atoms with Crippen molar-refractivity contribution in [2.75, 3.05) is 32.8 Å². The van der Waals surface area contributed by atoms with Crippen LogP contribution in [-0.4, -0.2) is 88.4 Å². The maximum Gasteiger partial charge on any atom is 0.338 e. The van der Waals surface area contributed by atoms with Gasteiger partial charge in [-0.25, -0.2) is 19.0 Å². The van der Waals surface area contributed by atoms with Crippen molar-refractivity contribution in [2.24, 2.45) is 4.99 Å². The number of rotatable bonds is 8. The summed E-state index contributed by atoms with van der Waals surface area (Å²) >= 11 is 7.83. The second-order valence-corrected chi connectivity index (χ2v) is 11.5. The average molecular weight is 585 g/mol. The number of esters is 1. The Hall–Kier alpha value is -3.28. The summed E-state index contributed by atoms with van der Waals surface area (Å²) in [6, 6.07) is 3.87. The van der Waals surface area contributed by atoms with Crippen molar-refractivity contribution in [1.82, 2.24) is 25.0 Å². The van der Waals surface area contributed by atoms with E-state index < -0.39 is 17.8 Å². The van der Waals surface area contributed by atoms with Crippen LogP contribution in [0.2, 0.25) is 5.02 Å². The van der Waals surface area contributed by atoms with Gasteiger partial charge in [0.15, 0.2) is 10.8 Å². The number of amides is 2. The number of urea groups is 1. The molecule has 3 fully saturated rings. The molecule has 4 aliphatic rings. The Balaban J connectivity index is 1.39. The molecule has 1 aliphatic carbocycles. The number of benzene rings is 1. The number of fused-ring (bicyclic) bond motifs is 1. The molecule has 1 aromatic heterocycles. The number of thiazole rings is 1. The molecule has 0 radical (unpaired) electrons. The van der Waals surface area contributed by atoms with Crippen molar-refractivity contribution in [2.45, 2.75) is 43.9 Å². The minimum atomic E-state index is -0.903. The first-order valence-corrected chi connectivity index (χ1v) is 14.7. The van der Waals surface area contributed by atoms with Crippen molar-refractivity contribution in [3.8, 4) is 0 Å². The number of halogens is 2. The number of nitrogens with one attached hydrogen (secondary N) is 1. The summed E-state index contributed by atoms with van der Waals surface area (Å²) in [7, 11) is 0. The zero-order valence-electron chi connectivity index (χ0n) is 22.1. The van der Waals surface area contributed by atoms with Crippen LogP contribution in [0.15, 0.2) is 58.7 Å². The Kier molecular flexibility index (Phi) is 7.37. The predicted octanol–water partition coefficient (Wildman–Crippen LogP) is 3.98. The Morgan fingerprint density at radius 1 is 1.32 bits per heavy atom. The molecule has 40 heavy (non-hydrogen) atoms. The highest BCUT2D eigenvalue weighted by atomic mass is 35.5. The van der Waals surface area contributed by atoms with Gasteiger partial charge >= 0.3 is 12.0 Å². The summed E-state index contributed by atoms with van der Waals surface area (Å²) in [6.07, 6.45) is 5.66. The summed E-state index contributed by atoms with van der Waals surface area (Å²) < 4.78 is 20.1. The number of ether oxygens (including phenoxy) is 1. The number of nitrogens with zero attached hydrogens (tertiary/aromatic N) is 5. The van der Waals surface area contributed by atoms with Crippen molar-refractivity contribution in [1.29, 1.82) is 0 Å². The summed E-state index contributed by atoms with van der Waals surface area (Å²) in [5, 5.41) is 5.72. The van der Waals surface area contributed by atoms with E-state index in [1.807, 2.05) is 21.3 Å². The van der Waals surface area contributed by atoms with Crippen LogP contribution in [0.5, 0.6) is 0 Å². The number of carbonyl (C=O) groups excluding carboxylic acids is 2. The largest absolute Gasteiger partial charge is 0.463 e. The van der Waals surface area contributed by atoms with Crippen LogP contribution < -0.4 is 5.32 Å². The number of carbonyl (C=O) groups is 2. The fourth-order valence-corrected chi connectivity index (χ4v) is 6.65. The molecule has 0 bridgehead atoms. The highest BCUT2D eigenvalue weighted by Crippen LogP contribution is 2.39. The van der Waals surface area contributed by atoms with Gasteiger partial charge in [-0.1, -0.05) is 29.8 Å². The highest BCUT2D eigenvalue weighted by Gasteiger charge is 2.49. The van der Waals surface area contributed by atoms with E-state index in [0.29, 0.717) is 54.3 Å². The molecule has 210 valence electrons. The highest BCUT2D eigenvalue weighted by molar-refractivity contribution is 7.11. The minimum absolute atomic E-state index is 0.0323. The van der Waals surface area contributed by atoms with Crippen LogP contribution in [0, 0.1) is 5.82 Å². The molecule has 1 unspecified atom stereocenters. The van der Waals surface area contributed by atoms with E-state index in [9.17, 15) is 14.0 Å². The van der Waals surface area contributed by atoms with Gasteiger partial charge in [-0.05, 0) is 25.8 Å². The van der Waals surface area contributed by atoms with E-state index in [2.05, 4.69) is 21.8 Å². The number of aliphatic imine (C=N–C) groups is 1. The quantitative estimate of drug-likeness (QED) is 0.373. The zero-order valence-corrected chi connectivity index (χ0v) is 23.6. The van der Waals surface area contributed by atoms with E-state index in [-0.39, 0.29) is 35.3 Å². The lowest BCUT2D eigenvalue weighted by atomic mass is 9.94. The first kappa shape index (κ1) is 26.9. The van der Waals surface area contributed by atoms with Crippen molar-refractivity contribution in [3.05, 3.63) is 75.1 Å². The standard InChI is InChI=1S/C28H30ClFN6O3S/c1-3-20-21-15-36(16-8-9-16)28(38)35(21)12-11-34(20)14-19-22(27(37)39-4-2)24(17-6-5-7-18(30)23(17)29)33-25(32-19)26-31-10-13-40-26/h3,5-7,10,13,16,20-21,24H,1,4,8-9,11-12,14-15H2,2H3,(H,32,33)/t20?,21-,24+/m1/s1. The number of hydrogen-bond donors (Lipinski definition) is 1. The maximum atomic E-state index is 14.6. The molecule has 3 aliphatic heterocycles. The van der Waals surface area contributed by atoms with Crippen LogP contribution >= 0.6 is 22.9 Å². The summed E-state index contributed by atoms with van der Waals surface area (Å²) in [5.74, 6) is -0.683. The van der Waals surface area contributed by atoms with E-state index >= 15 is 0 Å². The van der Waals surface area contributed by atoms with Crippen molar-refractivity contribution in [3.63, 3.8) is 0 Å². The first-order chi connectivity index (χ1) is 19.4. The van der Waals surface area contributed by atoms with Crippen LogP contribution in [0.25, 0.3) is 0 Å². The third-order valence-corrected chi connectivity index (χ3v) is 9.02. The van der Waals surface area contributed by atoms with E-state index in [4.69, 9.17) is 21.3 Å². The van der Waals surface area contributed by atoms with Gasteiger partial charge in [0.05, 0.1) is 29.3 Å². The molecular weight excluding hydrogens is 555 g/mol. The molecule has 9 nitrogen and oxygen atoms in total. The molecule has 2 saturated heterocycles. The lowest BCUT2D eigenvalue weighted by Gasteiger charge is -2.43. The van der Waals surface area contributed by atoms with Gasteiger partial charge < -0.3 is 19.9 Å². The summed E-state index contributed by atoms with van der Waals surface area (Å²) in [6.45, 7) is 8.16. The predicted molar refractivity (Wildman–Crippen MR) is 151 cm³/mol. The fourth-order valence-electron chi connectivity index (χ4n) is 5.83. The molecule has 2 aromatic rings. The van der Waals surface area contributed by atoms with Crippen LogP contribution in [-0.2, 0) is 9.53 Å². The average Bonchev–Trinajstić information content (AvgIpc) is 3.52. The molecule has 1 N–H and O–H groups in total. The minimum Gasteiger partial charge on any atom is -0.463 e. The second-order valence-electron chi connectivity index (χ2n) is 10.2. The third kappa shape index (κ3) is 4.80. The zero-order chi connectivity index (χ0) is 28.0. The molecule has 2 amide bonds. The van der Waals surface area contributed by atoms with Gasteiger partial charge in [-0.3, -0.25) is 9.89 Å². The molecule has 12 heteroatoms. The van der Waals surface area contributed by atoms with Gasteiger partial charge in [-0.2, -0.15) is 0 Å². The van der Waals surface area contributed by atoms with E-state index in [1.54, 1.807) is 25.3 Å². The second kappa shape index (κ2) is 10.9. The number of hydrogen-bond acceptors (Lipinski definition) is 8. The SMILES string of the molecule is C=CC1[C@H]2CN(C3CC3)C(=O)N2CCN1CC1=C(C(=O)OCC)[C@H](c2cccc(F)c2Cl)N=C(c2nccs2)N1. The van der Waals surface area contributed by atoms with Gasteiger partial charge in [0, 0.05) is 55.1 Å². The monoisotopic (exact) mass is 584 g/mol. The molecule has 1 saturated carbocycles. The molecule has 4 heterocycles. The topological polar surface area (TPSA) is 90.4 Å². The lowest BCUT2D eigenvalue weighted by molar-refractivity contribution is -0.139. The lowest BCUT2D eigenvalue weighted by Crippen LogP contribution is -2.59. The van der Waals surface area contributed by atoms with Crippen LogP contribution in [0.3, 0.4) is 0 Å². The molecular formula is C28H30ClFN6O3S. The van der Waals surface area contributed by atoms with E-state index in [0.717, 1.165) is 12.8 Å². The third-order valence-electron chi connectivity index (χ3n) is 7.84. The first-order valence-electron chi connectivity index (χ1n) is 13.4. The van der Waals surface area contributed by atoms with Crippen molar-refractivity contribution >= 4 is 40.8 Å². The molecule has 0 spiro atoms. The molecule has 1 aromatic carbocycles. The Bertz CT molecular complexity index is 1390.